The van der Waals surface area contributed by atoms with Gasteiger partial charge in [0.15, 0.2) is 0 Å². The monoisotopic (exact) mass is 471 g/mol. The van der Waals surface area contributed by atoms with E-state index >= 15 is 0 Å². The minimum atomic E-state index is -3.96. The van der Waals surface area contributed by atoms with Gasteiger partial charge in [-0.15, -0.1) is 0 Å². The van der Waals surface area contributed by atoms with Crippen molar-refractivity contribution in [1.82, 2.24) is 0 Å². The highest BCUT2D eigenvalue weighted by molar-refractivity contribution is 7.89. The van der Waals surface area contributed by atoms with E-state index in [1.165, 1.54) is 6.07 Å². The van der Waals surface area contributed by atoms with Gasteiger partial charge in [0.2, 0.25) is 10.0 Å². The van der Waals surface area contributed by atoms with Crippen LogP contribution in [0.4, 0.5) is 0 Å². The number of carbonyl (C=O) groups is 1. The first kappa shape index (κ1) is 25.0. The van der Waals surface area contributed by atoms with E-state index in [2.05, 4.69) is 0 Å². The first-order valence-electron chi connectivity index (χ1n) is 11.5. The fourth-order valence-corrected chi connectivity index (χ4v) is 5.78. The molecule has 6 nitrogen and oxygen atoms in total. The number of hydrogen-bond acceptors (Lipinski definition) is 5. The van der Waals surface area contributed by atoms with E-state index in [4.69, 9.17) is 9.88 Å². The van der Waals surface area contributed by atoms with Gasteiger partial charge < -0.3 is 9.84 Å². The predicted molar refractivity (Wildman–Crippen MR) is 129 cm³/mol. The average Bonchev–Trinajstić information content (AvgIpc) is 2.76. The number of nitrogens with two attached hydrogens (primary N) is 1. The Labute approximate surface area is 196 Å². The molecular formula is C26H33NO5S. The summed E-state index contributed by atoms with van der Waals surface area (Å²) < 4.78 is 30.5. The second-order valence-electron chi connectivity index (χ2n) is 8.70. The highest BCUT2D eigenvalue weighted by Gasteiger charge is 2.43. The number of benzene rings is 2. The molecule has 2 aromatic carbocycles. The zero-order valence-corrected chi connectivity index (χ0v) is 20.3. The summed E-state index contributed by atoms with van der Waals surface area (Å²) in [6, 6.07) is 13.9. The van der Waals surface area contributed by atoms with Gasteiger partial charge in [-0.2, -0.15) is 0 Å². The zero-order valence-electron chi connectivity index (χ0n) is 19.5. The van der Waals surface area contributed by atoms with Crippen molar-refractivity contribution in [3.63, 3.8) is 0 Å². The molecule has 0 spiro atoms. The molecule has 178 valence electrons. The van der Waals surface area contributed by atoms with Gasteiger partial charge >= 0.3 is 5.97 Å². The van der Waals surface area contributed by atoms with Gasteiger partial charge in [0.05, 0.1) is 10.5 Å². The third-order valence-corrected chi connectivity index (χ3v) is 7.29. The SMILES string of the molecule is CCCC1(CCC)CC(O)=C(C(CC)c2ccccc2-c2ccccc2S(N)(=O)=O)C(=O)O1. The minimum absolute atomic E-state index is 0.0154. The van der Waals surface area contributed by atoms with Crippen molar-refractivity contribution in [3.05, 3.63) is 65.4 Å². The Bertz CT molecular complexity index is 1150. The molecule has 1 heterocycles. The van der Waals surface area contributed by atoms with Crippen LogP contribution in [0.3, 0.4) is 0 Å². The van der Waals surface area contributed by atoms with Crippen LogP contribution in [0.25, 0.3) is 11.1 Å². The largest absolute Gasteiger partial charge is 0.512 e. The van der Waals surface area contributed by atoms with E-state index in [1.54, 1.807) is 18.2 Å². The third kappa shape index (κ3) is 5.14. The Morgan fingerprint density at radius 3 is 2.12 bits per heavy atom. The van der Waals surface area contributed by atoms with Crippen LogP contribution in [0.1, 0.15) is 70.8 Å². The molecular weight excluding hydrogens is 438 g/mol. The van der Waals surface area contributed by atoms with Crippen LogP contribution < -0.4 is 5.14 Å². The predicted octanol–water partition coefficient (Wildman–Crippen LogP) is 5.59. The molecule has 3 N–H and O–H groups in total. The molecule has 33 heavy (non-hydrogen) atoms. The van der Waals surface area contributed by atoms with Crippen molar-refractivity contribution in [2.24, 2.45) is 5.14 Å². The Kier molecular flexibility index (Phi) is 7.65. The zero-order chi connectivity index (χ0) is 24.2. The van der Waals surface area contributed by atoms with Crippen molar-refractivity contribution in [3.8, 4) is 11.1 Å². The molecule has 0 radical (unpaired) electrons. The normalized spacial score (nSPS) is 17.0. The van der Waals surface area contributed by atoms with Crippen molar-refractivity contribution in [2.45, 2.75) is 75.7 Å². The molecule has 1 aliphatic heterocycles. The summed E-state index contributed by atoms with van der Waals surface area (Å²) in [6.45, 7) is 6.01. The minimum Gasteiger partial charge on any atom is -0.512 e. The number of sulfonamides is 1. The van der Waals surface area contributed by atoms with Gasteiger partial charge in [-0.05, 0) is 36.5 Å². The molecule has 0 amide bonds. The van der Waals surface area contributed by atoms with Gasteiger partial charge in [0.25, 0.3) is 0 Å². The fourth-order valence-electron chi connectivity index (χ4n) is 5.03. The molecule has 0 bridgehead atoms. The van der Waals surface area contributed by atoms with E-state index < -0.39 is 27.5 Å². The molecule has 0 fully saturated rings. The summed E-state index contributed by atoms with van der Waals surface area (Å²) in [6.07, 6.45) is 3.90. The summed E-state index contributed by atoms with van der Waals surface area (Å²) in [5.74, 6) is -0.889. The molecule has 2 aromatic rings. The molecule has 0 saturated heterocycles. The van der Waals surface area contributed by atoms with Crippen LogP contribution in [0.2, 0.25) is 0 Å². The number of esters is 1. The van der Waals surface area contributed by atoms with E-state index in [0.717, 1.165) is 18.4 Å². The van der Waals surface area contributed by atoms with Crippen molar-refractivity contribution in [2.75, 3.05) is 0 Å². The molecule has 0 aliphatic carbocycles. The Morgan fingerprint density at radius 2 is 1.58 bits per heavy atom. The number of hydrogen-bond donors (Lipinski definition) is 2. The highest BCUT2D eigenvalue weighted by Crippen LogP contribution is 2.44. The standard InChI is InChI=1S/C26H33NO5S/c1-4-15-26(16-5-2)17-22(28)24(25(29)32-26)18(6-3)19-11-7-8-12-20(19)21-13-9-10-14-23(21)33(27,30)31/h7-14,18,28H,4-6,15-17H2,1-3H3,(H2,27,30,31). The first-order chi connectivity index (χ1) is 15.7. The quantitative estimate of drug-likeness (QED) is 0.464. The van der Waals surface area contributed by atoms with Gasteiger partial charge in [-0.3, -0.25) is 0 Å². The number of ether oxygens (including phenoxy) is 1. The first-order valence-corrected chi connectivity index (χ1v) is 13.1. The summed E-state index contributed by atoms with van der Waals surface area (Å²) in [4.78, 5) is 13.3. The number of aliphatic hydroxyl groups is 1. The van der Waals surface area contributed by atoms with E-state index in [-0.39, 0.29) is 16.2 Å². The number of rotatable bonds is 9. The third-order valence-electron chi connectivity index (χ3n) is 6.32. The van der Waals surface area contributed by atoms with Crippen LogP contribution >= 0.6 is 0 Å². The molecule has 1 atom stereocenters. The van der Waals surface area contributed by atoms with E-state index in [1.807, 2.05) is 45.0 Å². The smallest absolute Gasteiger partial charge is 0.338 e. The van der Waals surface area contributed by atoms with Crippen LogP contribution in [-0.4, -0.2) is 25.1 Å². The number of primary sulfonamides is 1. The van der Waals surface area contributed by atoms with Crippen LogP contribution in [0.15, 0.2) is 64.8 Å². The molecule has 1 aliphatic rings. The lowest BCUT2D eigenvalue weighted by Crippen LogP contribution is -2.41. The molecule has 0 aromatic heterocycles. The molecule has 0 saturated carbocycles. The lowest BCUT2D eigenvalue weighted by molar-refractivity contribution is -0.161. The van der Waals surface area contributed by atoms with Gasteiger partial charge in [-0.25, -0.2) is 18.4 Å². The lowest BCUT2D eigenvalue weighted by atomic mass is 9.79. The summed E-state index contributed by atoms with van der Waals surface area (Å²) >= 11 is 0. The van der Waals surface area contributed by atoms with E-state index in [9.17, 15) is 18.3 Å². The average molecular weight is 472 g/mol. The maximum Gasteiger partial charge on any atom is 0.338 e. The van der Waals surface area contributed by atoms with Crippen LogP contribution in [0, 0.1) is 0 Å². The summed E-state index contributed by atoms with van der Waals surface area (Å²) in [7, 11) is -3.96. The Balaban J connectivity index is 2.15. The Hall–Kier alpha value is -2.64. The van der Waals surface area contributed by atoms with Crippen molar-refractivity contribution < 1.29 is 23.1 Å². The highest BCUT2D eigenvalue weighted by atomic mass is 32.2. The number of cyclic esters (lactones) is 1. The second kappa shape index (κ2) is 10.1. The molecule has 7 heteroatoms. The van der Waals surface area contributed by atoms with Gasteiger partial charge in [0.1, 0.15) is 11.4 Å². The van der Waals surface area contributed by atoms with Crippen molar-refractivity contribution in [1.29, 1.82) is 0 Å². The Morgan fingerprint density at radius 1 is 1.00 bits per heavy atom. The summed E-state index contributed by atoms with van der Waals surface area (Å²) in [5.41, 5.74) is 1.44. The molecule has 3 rings (SSSR count). The van der Waals surface area contributed by atoms with Crippen LogP contribution in [0.5, 0.6) is 0 Å². The lowest BCUT2D eigenvalue weighted by Gasteiger charge is -2.38. The van der Waals surface area contributed by atoms with Crippen molar-refractivity contribution >= 4 is 16.0 Å². The number of aliphatic hydroxyl groups excluding tert-OH is 1. The van der Waals surface area contributed by atoms with Gasteiger partial charge in [0, 0.05) is 17.9 Å². The van der Waals surface area contributed by atoms with Crippen LogP contribution in [-0.2, 0) is 19.6 Å². The van der Waals surface area contributed by atoms with Gasteiger partial charge in [-0.1, -0.05) is 76.1 Å². The topological polar surface area (TPSA) is 107 Å². The maximum atomic E-state index is 13.3. The van der Waals surface area contributed by atoms with E-state index in [0.29, 0.717) is 36.8 Å². The maximum absolute atomic E-state index is 13.3. The summed E-state index contributed by atoms with van der Waals surface area (Å²) in [5, 5.41) is 16.6. The number of carbonyl (C=O) groups excluding carboxylic acids is 1. The fraction of sp³-hybridized carbons (Fsp3) is 0.423. The second-order valence-corrected chi connectivity index (χ2v) is 10.2. The molecule has 1 unspecified atom stereocenters.